The Bertz CT molecular complexity index is 496. The summed E-state index contributed by atoms with van der Waals surface area (Å²) in [4.78, 5) is 5.04. The van der Waals surface area contributed by atoms with Crippen molar-refractivity contribution in [3.8, 4) is 10.6 Å². The molecule has 0 amide bonds. The highest BCUT2D eigenvalue weighted by atomic mass is 32.2. The molecule has 0 aliphatic heterocycles. The van der Waals surface area contributed by atoms with Gasteiger partial charge in [-0.05, 0) is 17.9 Å². The summed E-state index contributed by atoms with van der Waals surface area (Å²) in [5, 5.41) is 2.37. The van der Waals surface area contributed by atoms with E-state index in [1.807, 2.05) is 13.0 Å². The topological polar surface area (TPSA) is 38.9 Å². The van der Waals surface area contributed by atoms with E-state index < -0.39 is 0 Å². The van der Waals surface area contributed by atoms with Gasteiger partial charge in [0.05, 0.1) is 5.56 Å². The molecular formula is C11H11FN2S2. The van der Waals surface area contributed by atoms with Gasteiger partial charge in [-0.25, -0.2) is 9.37 Å². The second kappa shape index (κ2) is 4.84. The van der Waals surface area contributed by atoms with Crippen LogP contribution in [0.3, 0.4) is 0 Å². The second-order valence-corrected chi connectivity index (χ2v) is 5.29. The van der Waals surface area contributed by atoms with Crippen LogP contribution in [0.1, 0.15) is 6.92 Å². The molecule has 16 heavy (non-hydrogen) atoms. The van der Waals surface area contributed by atoms with Gasteiger partial charge in [0.2, 0.25) is 0 Å². The molecular weight excluding hydrogens is 243 g/mol. The monoisotopic (exact) mass is 254 g/mol. The first-order chi connectivity index (χ1) is 7.72. The summed E-state index contributed by atoms with van der Waals surface area (Å²) in [6, 6.07) is 5.07. The van der Waals surface area contributed by atoms with Gasteiger partial charge in [-0.2, -0.15) is 0 Å². The number of nitrogen functional groups attached to an aromatic ring is 1. The Morgan fingerprint density at radius 1 is 1.50 bits per heavy atom. The van der Waals surface area contributed by atoms with Crippen molar-refractivity contribution in [3.05, 3.63) is 29.4 Å². The van der Waals surface area contributed by atoms with Crippen molar-refractivity contribution in [2.45, 2.75) is 11.8 Å². The van der Waals surface area contributed by atoms with Gasteiger partial charge in [0.25, 0.3) is 0 Å². The van der Waals surface area contributed by atoms with Crippen LogP contribution in [0.4, 0.5) is 10.2 Å². The van der Waals surface area contributed by atoms with Gasteiger partial charge in [-0.3, -0.25) is 0 Å². The summed E-state index contributed by atoms with van der Waals surface area (Å²) >= 11 is 2.97. The zero-order valence-corrected chi connectivity index (χ0v) is 10.4. The van der Waals surface area contributed by atoms with Crippen LogP contribution in [0.2, 0.25) is 0 Å². The minimum absolute atomic E-state index is 0.243. The maximum Gasteiger partial charge on any atom is 0.135 e. The van der Waals surface area contributed by atoms with Gasteiger partial charge >= 0.3 is 0 Å². The van der Waals surface area contributed by atoms with E-state index in [9.17, 15) is 4.39 Å². The highest BCUT2D eigenvalue weighted by molar-refractivity contribution is 7.99. The van der Waals surface area contributed by atoms with E-state index in [2.05, 4.69) is 4.98 Å². The smallest absolute Gasteiger partial charge is 0.135 e. The molecule has 1 aromatic heterocycles. The third-order valence-corrected chi connectivity index (χ3v) is 3.83. The van der Waals surface area contributed by atoms with E-state index in [1.165, 1.54) is 17.4 Å². The number of thioether (sulfide) groups is 1. The molecule has 0 radical (unpaired) electrons. The standard InChI is InChI=1S/C11H11FN2S2/c1-2-15-8-5-3-4-7(12)10(8)11-14-9(13)6-16-11/h3-6H,2,13H2,1H3. The Balaban J connectivity index is 2.53. The molecule has 5 heteroatoms. The first-order valence-electron chi connectivity index (χ1n) is 4.85. The third-order valence-electron chi connectivity index (χ3n) is 2.01. The van der Waals surface area contributed by atoms with Crippen LogP contribution in [-0.4, -0.2) is 10.7 Å². The highest BCUT2D eigenvalue weighted by Crippen LogP contribution is 2.35. The Morgan fingerprint density at radius 2 is 2.31 bits per heavy atom. The molecule has 0 bridgehead atoms. The minimum atomic E-state index is -0.243. The third kappa shape index (κ3) is 2.20. The fraction of sp³-hybridized carbons (Fsp3) is 0.182. The first kappa shape index (κ1) is 11.4. The lowest BCUT2D eigenvalue weighted by atomic mass is 10.2. The number of halogens is 1. The van der Waals surface area contributed by atoms with Crippen molar-refractivity contribution in [3.63, 3.8) is 0 Å². The Morgan fingerprint density at radius 3 is 2.94 bits per heavy atom. The quantitative estimate of drug-likeness (QED) is 0.850. The van der Waals surface area contributed by atoms with Crippen LogP contribution in [-0.2, 0) is 0 Å². The predicted octanol–water partition coefficient (Wildman–Crippen LogP) is 3.64. The Hall–Kier alpha value is -1.07. The van der Waals surface area contributed by atoms with Crippen LogP contribution >= 0.6 is 23.1 Å². The first-order valence-corrected chi connectivity index (χ1v) is 6.71. The van der Waals surface area contributed by atoms with Crippen LogP contribution in [0.5, 0.6) is 0 Å². The molecule has 0 unspecified atom stereocenters. The van der Waals surface area contributed by atoms with E-state index in [-0.39, 0.29) is 5.82 Å². The molecule has 0 atom stereocenters. The average molecular weight is 254 g/mol. The number of hydrogen-bond acceptors (Lipinski definition) is 4. The number of nitrogens with two attached hydrogens (primary N) is 1. The van der Waals surface area contributed by atoms with Crippen molar-refractivity contribution in [2.24, 2.45) is 0 Å². The summed E-state index contributed by atoms with van der Waals surface area (Å²) in [6.45, 7) is 2.04. The number of rotatable bonds is 3. The number of thiazole rings is 1. The molecule has 0 fully saturated rings. The lowest BCUT2D eigenvalue weighted by Crippen LogP contribution is -1.89. The maximum atomic E-state index is 13.8. The zero-order chi connectivity index (χ0) is 11.5. The molecule has 2 nitrogen and oxygen atoms in total. The molecule has 0 aliphatic carbocycles. The fourth-order valence-corrected chi connectivity index (χ4v) is 3.05. The number of aromatic nitrogens is 1. The number of nitrogens with zero attached hydrogens (tertiary/aromatic N) is 1. The van der Waals surface area contributed by atoms with E-state index in [0.717, 1.165) is 10.6 Å². The normalized spacial score (nSPS) is 10.6. The van der Waals surface area contributed by atoms with Gasteiger partial charge < -0.3 is 5.73 Å². The van der Waals surface area contributed by atoms with E-state index in [4.69, 9.17) is 5.73 Å². The number of hydrogen-bond donors (Lipinski definition) is 1. The summed E-state index contributed by atoms with van der Waals surface area (Å²) in [7, 11) is 0. The van der Waals surface area contributed by atoms with Gasteiger partial charge in [0.15, 0.2) is 0 Å². The molecule has 0 saturated heterocycles. The fourth-order valence-electron chi connectivity index (χ4n) is 1.39. The Kier molecular flexibility index (Phi) is 3.46. The molecule has 2 rings (SSSR count). The molecule has 1 heterocycles. The van der Waals surface area contributed by atoms with Gasteiger partial charge in [0.1, 0.15) is 16.6 Å². The van der Waals surface area contributed by atoms with Crippen molar-refractivity contribution >= 4 is 28.9 Å². The van der Waals surface area contributed by atoms with E-state index in [1.54, 1.807) is 23.2 Å². The summed E-state index contributed by atoms with van der Waals surface area (Å²) in [5.41, 5.74) is 6.13. The van der Waals surface area contributed by atoms with Crippen LogP contribution in [0.25, 0.3) is 10.6 Å². The van der Waals surface area contributed by atoms with Crippen LogP contribution in [0, 0.1) is 5.82 Å². The SMILES string of the molecule is CCSc1cccc(F)c1-c1nc(N)cs1. The molecule has 0 aliphatic rings. The number of benzene rings is 1. The lowest BCUT2D eigenvalue weighted by Gasteiger charge is -2.06. The van der Waals surface area contributed by atoms with Crippen molar-refractivity contribution < 1.29 is 4.39 Å². The van der Waals surface area contributed by atoms with Crippen LogP contribution < -0.4 is 5.73 Å². The van der Waals surface area contributed by atoms with E-state index >= 15 is 0 Å². The van der Waals surface area contributed by atoms with Gasteiger partial charge in [0, 0.05) is 10.3 Å². The maximum absolute atomic E-state index is 13.8. The molecule has 2 aromatic rings. The Labute approximate surface area is 102 Å². The van der Waals surface area contributed by atoms with Crippen molar-refractivity contribution in [1.82, 2.24) is 4.98 Å². The van der Waals surface area contributed by atoms with Crippen molar-refractivity contribution in [2.75, 3.05) is 11.5 Å². The molecule has 1 aromatic carbocycles. The van der Waals surface area contributed by atoms with Gasteiger partial charge in [-0.15, -0.1) is 23.1 Å². The summed E-state index contributed by atoms with van der Waals surface area (Å²) in [6.07, 6.45) is 0. The number of anilines is 1. The highest BCUT2D eigenvalue weighted by Gasteiger charge is 2.13. The van der Waals surface area contributed by atoms with Gasteiger partial charge in [-0.1, -0.05) is 13.0 Å². The summed E-state index contributed by atoms with van der Waals surface area (Å²) < 4.78 is 13.8. The summed E-state index contributed by atoms with van der Waals surface area (Å²) in [5.74, 6) is 1.10. The van der Waals surface area contributed by atoms with E-state index in [0.29, 0.717) is 16.4 Å². The molecule has 84 valence electrons. The molecule has 2 N–H and O–H groups in total. The van der Waals surface area contributed by atoms with Crippen molar-refractivity contribution in [1.29, 1.82) is 0 Å². The minimum Gasteiger partial charge on any atom is -0.383 e. The molecule has 0 spiro atoms. The second-order valence-electron chi connectivity index (χ2n) is 3.12. The molecule has 0 saturated carbocycles. The largest absolute Gasteiger partial charge is 0.383 e. The lowest BCUT2D eigenvalue weighted by molar-refractivity contribution is 0.628. The zero-order valence-electron chi connectivity index (χ0n) is 8.74. The predicted molar refractivity (Wildman–Crippen MR) is 68.3 cm³/mol. The average Bonchev–Trinajstić information content (AvgIpc) is 2.65. The van der Waals surface area contributed by atoms with Crippen LogP contribution in [0.15, 0.2) is 28.5 Å².